The van der Waals surface area contributed by atoms with Crippen molar-refractivity contribution in [3.05, 3.63) is 12.2 Å². The third kappa shape index (κ3) is 4.30. The zero-order valence-corrected chi connectivity index (χ0v) is 11.7. The monoisotopic (exact) mass is 223 g/mol. The number of carbonyl (C=O) groups excluding carboxylic acids is 1. The average Bonchev–Trinajstić information content (AvgIpc) is 2.12. The van der Waals surface area contributed by atoms with E-state index in [1.165, 1.54) is 0 Å². The van der Waals surface area contributed by atoms with Crippen LogP contribution in [0.3, 0.4) is 0 Å². The van der Waals surface area contributed by atoms with E-state index in [4.69, 9.17) is 0 Å². The number of allylic oxidation sites excluding steroid dienone is 2. The lowest BCUT2D eigenvalue weighted by molar-refractivity contribution is -0.121. The smallest absolute Gasteiger partial charge is 0.161 e. The number of carbonyl (C=O) groups is 1. The molecule has 0 spiro atoms. The van der Waals surface area contributed by atoms with Crippen molar-refractivity contribution in [2.24, 2.45) is 15.8 Å². The van der Waals surface area contributed by atoms with Crippen molar-refractivity contribution < 1.29 is 4.79 Å². The quantitative estimate of drug-likeness (QED) is 0.528. The van der Waals surface area contributed by atoms with Crippen LogP contribution < -0.4 is 0 Å². The van der Waals surface area contributed by atoms with Crippen LogP contribution in [0, 0.1) is 10.8 Å². The molecule has 0 heterocycles. The van der Waals surface area contributed by atoms with Gasteiger partial charge in [0.2, 0.25) is 0 Å². The van der Waals surface area contributed by atoms with E-state index in [0.29, 0.717) is 0 Å². The van der Waals surface area contributed by atoms with Gasteiger partial charge in [0.15, 0.2) is 5.78 Å². The summed E-state index contributed by atoms with van der Waals surface area (Å²) in [6, 6.07) is 0. The summed E-state index contributed by atoms with van der Waals surface area (Å²) in [6.45, 7) is 12.2. The van der Waals surface area contributed by atoms with Gasteiger partial charge in [-0.25, -0.2) is 0 Å². The molecular weight excluding hydrogens is 198 g/mol. The summed E-state index contributed by atoms with van der Waals surface area (Å²) >= 11 is 0. The van der Waals surface area contributed by atoms with Gasteiger partial charge in [0, 0.05) is 18.2 Å². The molecule has 0 fully saturated rings. The molecule has 0 saturated carbocycles. The molecule has 16 heavy (non-hydrogen) atoms. The summed E-state index contributed by atoms with van der Waals surface area (Å²) in [6.07, 6.45) is 4.16. The number of hydrogen-bond acceptors (Lipinski definition) is 2. The van der Waals surface area contributed by atoms with E-state index in [-0.39, 0.29) is 16.6 Å². The molecule has 0 bridgehead atoms. The first-order valence-electron chi connectivity index (χ1n) is 5.78. The van der Waals surface area contributed by atoms with Gasteiger partial charge in [0.05, 0.1) is 0 Å². The lowest BCUT2D eigenvalue weighted by atomic mass is 9.76. The van der Waals surface area contributed by atoms with Gasteiger partial charge in [-0.1, -0.05) is 40.7 Å². The van der Waals surface area contributed by atoms with E-state index in [1.807, 2.05) is 20.8 Å². The Bertz CT molecular complexity index is 303. The number of nitrogens with zero attached hydrogens (tertiary/aromatic N) is 1. The average molecular weight is 223 g/mol. The van der Waals surface area contributed by atoms with Crippen LogP contribution in [0.5, 0.6) is 0 Å². The first-order chi connectivity index (χ1) is 7.15. The molecule has 0 aromatic carbocycles. The number of ketones is 1. The summed E-state index contributed by atoms with van der Waals surface area (Å²) in [5.41, 5.74) is 0.756. The molecule has 0 amide bonds. The van der Waals surface area contributed by atoms with Gasteiger partial charge in [-0.15, -0.1) is 0 Å². The molecule has 0 rings (SSSR count). The van der Waals surface area contributed by atoms with E-state index in [0.717, 1.165) is 12.1 Å². The van der Waals surface area contributed by atoms with Crippen molar-refractivity contribution in [3.63, 3.8) is 0 Å². The zero-order valence-electron chi connectivity index (χ0n) is 11.7. The molecule has 0 saturated heterocycles. The highest BCUT2D eigenvalue weighted by molar-refractivity contribution is 5.99. The first kappa shape index (κ1) is 15.1. The Balaban J connectivity index is 4.90. The van der Waals surface area contributed by atoms with Crippen molar-refractivity contribution in [1.82, 2.24) is 0 Å². The van der Waals surface area contributed by atoms with E-state index >= 15 is 0 Å². The van der Waals surface area contributed by atoms with Crippen LogP contribution in [-0.4, -0.2) is 18.5 Å². The maximum Gasteiger partial charge on any atom is 0.161 e. The van der Waals surface area contributed by atoms with Crippen LogP contribution >= 0.6 is 0 Å². The predicted molar refractivity (Wildman–Crippen MR) is 71.0 cm³/mol. The van der Waals surface area contributed by atoms with Crippen molar-refractivity contribution >= 4 is 11.5 Å². The maximum absolute atomic E-state index is 11.9. The van der Waals surface area contributed by atoms with Crippen LogP contribution in [0.15, 0.2) is 17.1 Å². The number of aliphatic imine (C=N–C) groups is 1. The molecule has 0 radical (unpaired) electrons. The number of hydrogen-bond donors (Lipinski definition) is 0. The minimum atomic E-state index is -0.366. The third-order valence-electron chi connectivity index (χ3n) is 2.73. The normalized spacial score (nSPS) is 14.6. The second kappa shape index (κ2) is 5.42. The predicted octanol–water partition coefficient (Wildman–Crippen LogP) is 3.66. The molecule has 0 aromatic heterocycles. The Morgan fingerprint density at radius 1 is 1.19 bits per heavy atom. The Morgan fingerprint density at radius 3 is 2.00 bits per heavy atom. The highest BCUT2D eigenvalue weighted by Crippen LogP contribution is 2.29. The van der Waals surface area contributed by atoms with E-state index in [9.17, 15) is 4.79 Å². The van der Waals surface area contributed by atoms with E-state index < -0.39 is 0 Å². The van der Waals surface area contributed by atoms with Gasteiger partial charge in [0.1, 0.15) is 0 Å². The fourth-order valence-electron chi connectivity index (χ4n) is 1.56. The molecule has 0 aliphatic carbocycles. The molecule has 0 aliphatic heterocycles. The SMILES string of the molecule is C/C=C\C(=O)C(C)(C)CC(=NC)C(C)(C)C. The molecular formula is C14H25NO. The van der Waals surface area contributed by atoms with Gasteiger partial charge < -0.3 is 0 Å². The molecule has 0 unspecified atom stereocenters. The van der Waals surface area contributed by atoms with Gasteiger partial charge >= 0.3 is 0 Å². The second-order valence-electron chi connectivity index (χ2n) is 5.85. The van der Waals surface area contributed by atoms with E-state index in [1.54, 1.807) is 19.2 Å². The highest BCUT2D eigenvalue weighted by Gasteiger charge is 2.31. The standard InChI is InChI=1S/C14H25NO/c1-8-9-12(16)14(5,6)10-11(15-7)13(2,3)4/h8-9H,10H2,1-7H3/b9-8-,15-11?. The molecule has 0 aromatic rings. The van der Waals surface area contributed by atoms with Gasteiger partial charge in [0.25, 0.3) is 0 Å². The zero-order chi connectivity index (χ0) is 13.0. The minimum Gasteiger partial charge on any atom is -0.297 e. The van der Waals surface area contributed by atoms with Gasteiger partial charge in [-0.2, -0.15) is 0 Å². The molecule has 0 atom stereocenters. The summed E-state index contributed by atoms with van der Waals surface area (Å²) in [7, 11) is 1.80. The Hall–Kier alpha value is -0.920. The first-order valence-corrected chi connectivity index (χ1v) is 5.78. The topological polar surface area (TPSA) is 29.4 Å². The fourth-order valence-corrected chi connectivity index (χ4v) is 1.56. The summed E-state index contributed by atoms with van der Waals surface area (Å²) < 4.78 is 0. The fraction of sp³-hybridized carbons (Fsp3) is 0.714. The van der Waals surface area contributed by atoms with Crippen LogP contribution in [0.4, 0.5) is 0 Å². The molecule has 0 N–H and O–H groups in total. The maximum atomic E-state index is 11.9. The molecule has 0 aliphatic rings. The lowest BCUT2D eigenvalue weighted by Crippen LogP contribution is -2.31. The van der Waals surface area contributed by atoms with Crippen LogP contribution in [-0.2, 0) is 4.79 Å². The molecule has 92 valence electrons. The minimum absolute atomic E-state index is 0.0300. The third-order valence-corrected chi connectivity index (χ3v) is 2.73. The van der Waals surface area contributed by atoms with Gasteiger partial charge in [-0.05, 0) is 24.8 Å². The van der Waals surface area contributed by atoms with Crippen LogP contribution in [0.2, 0.25) is 0 Å². The Labute approximate surface area is 99.9 Å². The lowest BCUT2D eigenvalue weighted by Gasteiger charge is -2.29. The highest BCUT2D eigenvalue weighted by atomic mass is 16.1. The van der Waals surface area contributed by atoms with Crippen LogP contribution in [0.1, 0.15) is 48.0 Å². The van der Waals surface area contributed by atoms with E-state index in [2.05, 4.69) is 25.8 Å². The Morgan fingerprint density at radius 2 is 1.69 bits per heavy atom. The van der Waals surface area contributed by atoms with Crippen LogP contribution in [0.25, 0.3) is 0 Å². The van der Waals surface area contributed by atoms with Crippen molar-refractivity contribution in [3.8, 4) is 0 Å². The molecule has 2 heteroatoms. The van der Waals surface area contributed by atoms with Crippen molar-refractivity contribution in [2.75, 3.05) is 7.05 Å². The summed E-state index contributed by atoms with van der Waals surface area (Å²) in [4.78, 5) is 16.2. The van der Waals surface area contributed by atoms with Crippen molar-refractivity contribution in [1.29, 1.82) is 0 Å². The largest absolute Gasteiger partial charge is 0.297 e. The summed E-state index contributed by atoms with van der Waals surface area (Å²) in [5, 5.41) is 0. The second-order valence-corrected chi connectivity index (χ2v) is 5.85. The number of rotatable bonds is 4. The van der Waals surface area contributed by atoms with Gasteiger partial charge in [-0.3, -0.25) is 9.79 Å². The summed E-state index contributed by atoms with van der Waals surface area (Å²) in [5.74, 6) is 0.167. The Kier molecular flexibility index (Phi) is 5.11. The molecule has 2 nitrogen and oxygen atoms in total. The van der Waals surface area contributed by atoms with Crippen molar-refractivity contribution in [2.45, 2.75) is 48.0 Å².